The van der Waals surface area contributed by atoms with Crippen molar-refractivity contribution in [2.75, 3.05) is 13.2 Å². The van der Waals surface area contributed by atoms with Crippen LogP contribution in [0.1, 0.15) is 17.0 Å². The maximum Gasteiger partial charge on any atom is 0.261 e. The Balaban J connectivity index is 1.64. The van der Waals surface area contributed by atoms with E-state index >= 15 is 0 Å². The van der Waals surface area contributed by atoms with Crippen LogP contribution in [0, 0.1) is 13.8 Å². The average molecular weight is 377 g/mol. The number of amides is 1. The van der Waals surface area contributed by atoms with Gasteiger partial charge in [-0.3, -0.25) is 4.79 Å². The summed E-state index contributed by atoms with van der Waals surface area (Å²) < 4.78 is 11.0. The molecule has 28 heavy (non-hydrogen) atoms. The molecule has 1 aromatic heterocycles. The van der Waals surface area contributed by atoms with Crippen molar-refractivity contribution >= 4 is 5.91 Å². The summed E-state index contributed by atoms with van der Waals surface area (Å²) in [6.07, 6.45) is 1.66. The second-order valence-corrected chi connectivity index (χ2v) is 6.48. The quantitative estimate of drug-likeness (QED) is 0.556. The lowest BCUT2D eigenvalue weighted by molar-refractivity contribution is -0.133. The molecular formula is C22H23N3O3. The smallest absolute Gasteiger partial charge is 0.261 e. The highest BCUT2D eigenvalue weighted by molar-refractivity contribution is 5.77. The standard InChI is InChI=1S/C22H23N3O3/c1-4-12-25(21(26)15-27-19-11-10-16(2)17(3)13-19)14-20-23-22(24-28-20)18-8-6-5-7-9-18/h4-11,13H,1,12,14-15H2,2-3H3. The fourth-order valence-corrected chi connectivity index (χ4v) is 2.64. The van der Waals surface area contributed by atoms with E-state index in [1.165, 1.54) is 5.56 Å². The van der Waals surface area contributed by atoms with Crippen LogP contribution in [0.3, 0.4) is 0 Å². The third-order valence-electron chi connectivity index (χ3n) is 4.37. The average Bonchev–Trinajstić information content (AvgIpc) is 3.17. The maximum atomic E-state index is 12.6. The molecule has 3 aromatic rings. The largest absolute Gasteiger partial charge is 0.484 e. The van der Waals surface area contributed by atoms with Gasteiger partial charge in [-0.1, -0.05) is 47.6 Å². The predicted molar refractivity (Wildman–Crippen MR) is 107 cm³/mol. The Morgan fingerprint density at radius 3 is 2.68 bits per heavy atom. The van der Waals surface area contributed by atoms with E-state index in [9.17, 15) is 4.79 Å². The van der Waals surface area contributed by atoms with Gasteiger partial charge >= 0.3 is 0 Å². The molecular weight excluding hydrogens is 354 g/mol. The molecule has 0 aliphatic carbocycles. The third kappa shape index (κ3) is 4.85. The van der Waals surface area contributed by atoms with Gasteiger partial charge in [-0.15, -0.1) is 6.58 Å². The molecule has 1 amide bonds. The number of benzene rings is 2. The topological polar surface area (TPSA) is 68.5 Å². The summed E-state index contributed by atoms with van der Waals surface area (Å²) in [5.41, 5.74) is 3.15. The highest BCUT2D eigenvalue weighted by atomic mass is 16.5. The first kappa shape index (κ1) is 19.4. The van der Waals surface area contributed by atoms with Crippen LogP contribution < -0.4 is 4.74 Å². The van der Waals surface area contributed by atoms with E-state index in [-0.39, 0.29) is 19.1 Å². The first-order valence-electron chi connectivity index (χ1n) is 9.03. The molecule has 0 atom stereocenters. The van der Waals surface area contributed by atoms with E-state index in [0.29, 0.717) is 24.0 Å². The molecule has 0 aliphatic heterocycles. The number of aromatic nitrogens is 2. The minimum Gasteiger partial charge on any atom is -0.484 e. The molecule has 0 aliphatic rings. The lowest BCUT2D eigenvalue weighted by atomic mass is 10.1. The van der Waals surface area contributed by atoms with Gasteiger partial charge < -0.3 is 14.2 Å². The molecule has 1 heterocycles. The molecule has 3 rings (SSSR count). The van der Waals surface area contributed by atoms with Crippen LogP contribution in [0.5, 0.6) is 5.75 Å². The van der Waals surface area contributed by atoms with Gasteiger partial charge in [0.05, 0.1) is 0 Å². The lowest BCUT2D eigenvalue weighted by Gasteiger charge is -2.19. The fourth-order valence-electron chi connectivity index (χ4n) is 2.64. The fraction of sp³-hybridized carbons (Fsp3) is 0.227. The molecule has 6 nitrogen and oxygen atoms in total. The molecule has 0 saturated carbocycles. The first-order chi connectivity index (χ1) is 13.6. The maximum absolute atomic E-state index is 12.6. The summed E-state index contributed by atoms with van der Waals surface area (Å²) in [6.45, 7) is 8.24. The number of aryl methyl sites for hydroxylation is 2. The Bertz CT molecular complexity index is 951. The first-order valence-corrected chi connectivity index (χ1v) is 9.03. The van der Waals surface area contributed by atoms with Crippen LogP contribution in [0.25, 0.3) is 11.4 Å². The van der Waals surface area contributed by atoms with Crippen molar-refractivity contribution in [2.45, 2.75) is 20.4 Å². The van der Waals surface area contributed by atoms with E-state index in [4.69, 9.17) is 9.26 Å². The highest BCUT2D eigenvalue weighted by Crippen LogP contribution is 2.17. The number of ether oxygens (including phenoxy) is 1. The number of rotatable bonds is 8. The normalized spacial score (nSPS) is 10.5. The van der Waals surface area contributed by atoms with E-state index < -0.39 is 0 Å². The summed E-state index contributed by atoms with van der Waals surface area (Å²) in [6, 6.07) is 15.3. The Labute approximate surface area is 164 Å². The van der Waals surface area contributed by atoms with Crippen molar-refractivity contribution < 1.29 is 14.1 Å². The Hall–Kier alpha value is -3.41. The van der Waals surface area contributed by atoms with Crippen LogP contribution >= 0.6 is 0 Å². The number of carbonyl (C=O) groups is 1. The SMILES string of the molecule is C=CCN(Cc1nc(-c2ccccc2)no1)C(=O)COc1ccc(C)c(C)c1. The van der Waals surface area contributed by atoms with Crippen LogP contribution in [0.15, 0.2) is 65.7 Å². The zero-order valence-electron chi connectivity index (χ0n) is 16.1. The molecule has 144 valence electrons. The van der Waals surface area contributed by atoms with Crippen molar-refractivity contribution in [1.29, 1.82) is 0 Å². The molecule has 0 bridgehead atoms. The molecule has 2 aromatic carbocycles. The van der Waals surface area contributed by atoms with Gasteiger partial charge in [0.2, 0.25) is 11.7 Å². The van der Waals surface area contributed by atoms with Gasteiger partial charge in [0, 0.05) is 12.1 Å². The van der Waals surface area contributed by atoms with E-state index in [1.807, 2.05) is 62.4 Å². The van der Waals surface area contributed by atoms with Crippen LogP contribution in [0.4, 0.5) is 0 Å². The van der Waals surface area contributed by atoms with Gasteiger partial charge in [-0.25, -0.2) is 0 Å². The van der Waals surface area contributed by atoms with Crippen molar-refractivity contribution in [3.8, 4) is 17.1 Å². The lowest BCUT2D eigenvalue weighted by Crippen LogP contribution is -2.34. The Kier molecular flexibility index (Phi) is 6.22. The van der Waals surface area contributed by atoms with E-state index in [2.05, 4.69) is 16.7 Å². The Morgan fingerprint density at radius 2 is 1.96 bits per heavy atom. The van der Waals surface area contributed by atoms with Gasteiger partial charge in [0.1, 0.15) is 12.3 Å². The molecule has 0 unspecified atom stereocenters. The monoisotopic (exact) mass is 377 g/mol. The minimum absolute atomic E-state index is 0.0734. The Morgan fingerprint density at radius 1 is 1.18 bits per heavy atom. The van der Waals surface area contributed by atoms with Crippen molar-refractivity contribution in [3.05, 3.63) is 78.2 Å². The van der Waals surface area contributed by atoms with E-state index in [0.717, 1.165) is 11.1 Å². The summed E-state index contributed by atoms with van der Waals surface area (Å²) in [4.78, 5) is 18.5. The van der Waals surface area contributed by atoms with Crippen LogP contribution in [-0.4, -0.2) is 34.1 Å². The van der Waals surface area contributed by atoms with Gasteiger partial charge in [0.25, 0.3) is 5.91 Å². The summed E-state index contributed by atoms with van der Waals surface area (Å²) in [5.74, 6) is 1.34. The van der Waals surface area contributed by atoms with Crippen molar-refractivity contribution in [1.82, 2.24) is 15.0 Å². The molecule has 6 heteroatoms. The minimum atomic E-state index is -0.183. The second-order valence-electron chi connectivity index (χ2n) is 6.48. The zero-order chi connectivity index (χ0) is 19.9. The third-order valence-corrected chi connectivity index (χ3v) is 4.37. The predicted octanol–water partition coefficient (Wildman–Crippen LogP) is 3.95. The van der Waals surface area contributed by atoms with Crippen LogP contribution in [0.2, 0.25) is 0 Å². The van der Waals surface area contributed by atoms with Crippen molar-refractivity contribution in [3.63, 3.8) is 0 Å². The van der Waals surface area contributed by atoms with E-state index in [1.54, 1.807) is 11.0 Å². The van der Waals surface area contributed by atoms with Crippen LogP contribution in [-0.2, 0) is 11.3 Å². The van der Waals surface area contributed by atoms with Gasteiger partial charge in [0.15, 0.2) is 6.61 Å². The second kappa shape index (κ2) is 8.99. The zero-order valence-corrected chi connectivity index (χ0v) is 16.1. The summed E-state index contributed by atoms with van der Waals surface area (Å²) in [7, 11) is 0. The number of hydrogen-bond donors (Lipinski definition) is 0. The number of hydrogen-bond acceptors (Lipinski definition) is 5. The molecule has 0 N–H and O–H groups in total. The highest BCUT2D eigenvalue weighted by Gasteiger charge is 2.18. The number of nitrogens with zero attached hydrogens (tertiary/aromatic N) is 3. The van der Waals surface area contributed by atoms with Gasteiger partial charge in [-0.05, 0) is 37.1 Å². The molecule has 0 fully saturated rings. The molecule has 0 spiro atoms. The summed E-state index contributed by atoms with van der Waals surface area (Å²) >= 11 is 0. The van der Waals surface area contributed by atoms with Crippen molar-refractivity contribution in [2.24, 2.45) is 0 Å². The van der Waals surface area contributed by atoms with Gasteiger partial charge in [-0.2, -0.15) is 4.98 Å². The molecule has 0 saturated heterocycles. The number of carbonyl (C=O) groups excluding carboxylic acids is 1. The summed E-state index contributed by atoms with van der Waals surface area (Å²) in [5, 5.41) is 3.99. The molecule has 0 radical (unpaired) electrons.